The van der Waals surface area contributed by atoms with Crippen molar-refractivity contribution < 1.29 is 19.1 Å². The van der Waals surface area contributed by atoms with Gasteiger partial charge < -0.3 is 0 Å². The van der Waals surface area contributed by atoms with Crippen LogP contribution in [-0.2, 0) is 9.47 Å². The summed E-state index contributed by atoms with van der Waals surface area (Å²) in [6, 6.07) is 15.2. The van der Waals surface area contributed by atoms with E-state index in [1.807, 2.05) is 76.2 Å². The molecule has 2 aromatic rings. The van der Waals surface area contributed by atoms with Crippen molar-refractivity contribution in [3.63, 3.8) is 0 Å². The minimum absolute atomic E-state index is 0.0465. The Bertz CT molecular complexity index is 739. The quantitative estimate of drug-likeness (QED) is 0.383. The summed E-state index contributed by atoms with van der Waals surface area (Å²) < 4.78 is 13.0. The maximum absolute atomic E-state index is 12.5. The standard InChI is InChI=1S/C22H26O4Se2/c1-5-15(3)25-21(23)17-11-7-9-13-19(17)27-28-20-14-10-8-12-18(20)22(24)26-16(4)6-2/h7-16H,5-6H2,1-4H3/t15-,16-/m0/s1. The zero-order valence-corrected chi connectivity index (χ0v) is 20.1. The first kappa shape index (κ1) is 22.7. The first-order chi connectivity index (χ1) is 13.5. The fourth-order valence-corrected chi connectivity index (χ4v) is 9.24. The van der Waals surface area contributed by atoms with Gasteiger partial charge in [-0.1, -0.05) is 0 Å². The fraction of sp³-hybridized carbons (Fsp3) is 0.364. The van der Waals surface area contributed by atoms with Gasteiger partial charge in [0.1, 0.15) is 0 Å². The molecule has 0 amide bonds. The first-order valence-electron chi connectivity index (χ1n) is 9.40. The van der Waals surface area contributed by atoms with Gasteiger partial charge in [-0.05, 0) is 0 Å². The van der Waals surface area contributed by atoms with Crippen LogP contribution < -0.4 is 8.92 Å². The molecule has 0 saturated carbocycles. The van der Waals surface area contributed by atoms with E-state index in [-0.39, 0.29) is 50.4 Å². The van der Waals surface area contributed by atoms with E-state index in [4.69, 9.17) is 9.47 Å². The molecule has 0 bridgehead atoms. The molecule has 0 aliphatic rings. The molecule has 0 saturated heterocycles. The monoisotopic (exact) mass is 514 g/mol. The van der Waals surface area contributed by atoms with Gasteiger partial charge in [0, 0.05) is 0 Å². The molecule has 0 heterocycles. The second-order valence-electron chi connectivity index (χ2n) is 6.41. The molecule has 0 aliphatic carbocycles. The Balaban J connectivity index is 2.15. The average molecular weight is 512 g/mol. The van der Waals surface area contributed by atoms with E-state index < -0.39 is 0 Å². The van der Waals surface area contributed by atoms with Gasteiger partial charge in [0.05, 0.1) is 0 Å². The zero-order valence-electron chi connectivity index (χ0n) is 16.6. The molecule has 0 radical (unpaired) electrons. The number of benzene rings is 2. The topological polar surface area (TPSA) is 52.6 Å². The van der Waals surface area contributed by atoms with Gasteiger partial charge in [0.15, 0.2) is 0 Å². The summed E-state index contributed by atoms with van der Waals surface area (Å²) in [6.07, 6.45) is 1.37. The number of hydrogen-bond acceptors (Lipinski definition) is 4. The van der Waals surface area contributed by atoms with Crippen molar-refractivity contribution in [1.29, 1.82) is 0 Å². The number of hydrogen-bond donors (Lipinski definition) is 0. The average Bonchev–Trinajstić information content (AvgIpc) is 2.72. The van der Waals surface area contributed by atoms with Gasteiger partial charge >= 0.3 is 179 Å². The first-order valence-corrected chi connectivity index (χ1v) is 15.4. The molecule has 28 heavy (non-hydrogen) atoms. The van der Waals surface area contributed by atoms with Gasteiger partial charge in [0.25, 0.3) is 0 Å². The van der Waals surface area contributed by atoms with E-state index >= 15 is 0 Å². The molecule has 150 valence electrons. The Kier molecular flexibility index (Phi) is 9.27. The van der Waals surface area contributed by atoms with Crippen molar-refractivity contribution in [2.75, 3.05) is 0 Å². The SMILES string of the molecule is CC[C@H](C)OC(=O)c1ccccc1[Se][Se]c1ccccc1C(=O)O[C@@H](C)CC. The van der Waals surface area contributed by atoms with Crippen LogP contribution in [0.25, 0.3) is 0 Å². The van der Waals surface area contributed by atoms with E-state index in [1.54, 1.807) is 0 Å². The summed E-state index contributed by atoms with van der Waals surface area (Å²) in [7, 11) is 0. The van der Waals surface area contributed by atoms with Crippen molar-refractivity contribution in [1.82, 2.24) is 0 Å². The Labute approximate surface area is 178 Å². The summed E-state index contributed by atoms with van der Waals surface area (Å²) >= 11 is 0.0929. The van der Waals surface area contributed by atoms with Crippen molar-refractivity contribution in [2.24, 2.45) is 0 Å². The summed E-state index contributed by atoms with van der Waals surface area (Å²) in [4.78, 5) is 25.0. The normalized spacial score (nSPS) is 12.9. The molecule has 2 atom stereocenters. The molecule has 0 fully saturated rings. The van der Waals surface area contributed by atoms with E-state index in [0.29, 0.717) is 11.1 Å². The van der Waals surface area contributed by atoms with Gasteiger partial charge in [-0.25, -0.2) is 0 Å². The van der Waals surface area contributed by atoms with E-state index in [1.165, 1.54) is 0 Å². The molecular formula is C22H26O4Se2. The summed E-state index contributed by atoms with van der Waals surface area (Å²) in [5, 5.41) is 0. The van der Waals surface area contributed by atoms with Crippen molar-refractivity contribution in [2.45, 2.75) is 52.7 Å². The van der Waals surface area contributed by atoms with Crippen LogP contribution in [0.15, 0.2) is 48.5 Å². The molecule has 0 N–H and O–H groups in total. The molecular weight excluding hydrogens is 486 g/mol. The van der Waals surface area contributed by atoms with Crippen LogP contribution in [0.5, 0.6) is 0 Å². The molecule has 4 nitrogen and oxygen atoms in total. The van der Waals surface area contributed by atoms with Crippen LogP contribution in [0.3, 0.4) is 0 Å². The molecule has 6 heteroatoms. The molecule has 0 aliphatic heterocycles. The Morgan fingerprint density at radius 3 is 1.46 bits per heavy atom. The van der Waals surface area contributed by atoms with Crippen LogP contribution in [-0.4, -0.2) is 50.4 Å². The van der Waals surface area contributed by atoms with Crippen LogP contribution >= 0.6 is 0 Å². The Hall–Kier alpha value is -1.58. The predicted molar refractivity (Wildman–Crippen MR) is 114 cm³/mol. The number of ether oxygens (including phenoxy) is 2. The molecule has 0 unspecified atom stereocenters. The Morgan fingerprint density at radius 1 is 0.750 bits per heavy atom. The number of carbonyl (C=O) groups excluding carboxylic acids is 2. The summed E-state index contributed by atoms with van der Waals surface area (Å²) in [5.41, 5.74) is 1.26. The van der Waals surface area contributed by atoms with E-state index in [2.05, 4.69) is 0 Å². The predicted octanol–water partition coefficient (Wildman–Crippen LogP) is 2.87. The molecule has 2 aromatic carbocycles. The third-order valence-corrected chi connectivity index (χ3v) is 11.4. The van der Waals surface area contributed by atoms with Gasteiger partial charge in [-0.3, -0.25) is 0 Å². The number of esters is 2. The number of carbonyl (C=O) groups is 2. The molecule has 0 spiro atoms. The van der Waals surface area contributed by atoms with Gasteiger partial charge in [-0.2, -0.15) is 0 Å². The van der Waals surface area contributed by atoms with Crippen LogP contribution in [0.4, 0.5) is 0 Å². The zero-order chi connectivity index (χ0) is 20.5. The van der Waals surface area contributed by atoms with E-state index in [9.17, 15) is 9.59 Å². The van der Waals surface area contributed by atoms with Crippen LogP contribution in [0.1, 0.15) is 61.3 Å². The fourth-order valence-electron chi connectivity index (χ4n) is 2.16. The van der Waals surface area contributed by atoms with Crippen molar-refractivity contribution in [3.8, 4) is 0 Å². The summed E-state index contributed by atoms with van der Waals surface area (Å²) in [5.74, 6) is -0.542. The van der Waals surface area contributed by atoms with Gasteiger partial charge in [0.2, 0.25) is 0 Å². The third-order valence-electron chi connectivity index (χ3n) is 4.20. The second kappa shape index (κ2) is 11.4. The minimum atomic E-state index is -0.271. The summed E-state index contributed by atoms with van der Waals surface area (Å²) in [6.45, 7) is 7.78. The van der Waals surface area contributed by atoms with Crippen molar-refractivity contribution in [3.05, 3.63) is 59.7 Å². The van der Waals surface area contributed by atoms with Crippen LogP contribution in [0.2, 0.25) is 0 Å². The van der Waals surface area contributed by atoms with Crippen LogP contribution in [0, 0.1) is 0 Å². The Morgan fingerprint density at radius 2 is 1.11 bits per heavy atom. The molecule has 0 aromatic heterocycles. The third kappa shape index (κ3) is 6.49. The van der Waals surface area contributed by atoms with E-state index in [0.717, 1.165) is 21.8 Å². The maximum atomic E-state index is 12.5. The number of rotatable bonds is 9. The van der Waals surface area contributed by atoms with Crippen molar-refractivity contribution >= 4 is 47.1 Å². The second-order valence-corrected chi connectivity index (χ2v) is 12.6. The van der Waals surface area contributed by atoms with Gasteiger partial charge in [-0.15, -0.1) is 0 Å². The molecule has 2 rings (SSSR count).